The van der Waals surface area contributed by atoms with E-state index in [1.807, 2.05) is 13.0 Å². The summed E-state index contributed by atoms with van der Waals surface area (Å²) in [5.74, 6) is -0.536. The Hall–Kier alpha value is -2.81. The van der Waals surface area contributed by atoms with Crippen molar-refractivity contribution in [2.45, 2.75) is 40.0 Å². The molecule has 1 rings (SSSR count). The Bertz CT molecular complexity index is 675. The van der Waals surface area contributed by atoms with Crippen molar-refractivity contribution >= 4 is 17.6 Å². The molecule has 0 unspecified atom stereocenters. The number of carbonyl (C=O) groups excluding carboxylic acids is 2. The first-order chi connectivity index (χ1) is 12.5. The molecule has 1 aromatic rings. The van der Waals surface area contributed by atoms with Crippen LogP contribution < -0.4 is 10.6 Å². The molecule has 0 fully saturated rings. The number of unbranched alkanes of at least 4 members (excludes halogenated alkanes) is 1. The Morgan fingerprint density at radius 1 is 1.31 bits per heavy atom. The molecule has 1 amide bonds. The van der Waals surface area contributed by atoms with E-state index in [1.54, 1.807) is 24.3 Å². The zero-order valence-electron chi connectivity index (χ0n) is 15.7. The van der Waals surface area contributed by atoms with E-state index in [1.165, 1.54) is 6.20 Å². The van der Waals surface area contributed by atoms with Crippen molar-refractivity contribution < 1.29 is 14.3 Å². The van der Waals surface area contributed by atoms with E-state index in [0.717, 1.165) is 19.3 Å². The lowest BCUT2D eigenvalue weighted by molar-refractivity contribution is -0.112. The number of nitrogens with zero attached hydrogens (tertiary/aromatic N) is 1. The predicted molar refractivity (Wildman–Crippen MR) is 101 cm³/mol. The molecule has 0 radical (unpaired) electrons. The number of nitrogens with one attached hydrogen (secondary N) is 2. The average Bonchev–Trinajstić information content (AvgIpc) is 2.62. The van der Waals surface area contributed by atoms with Crippen molar-refractivity contribution in [3.8, 4) is 6.07 Å². The lowest BCUT2D eigenvalue weighted by atomic mass is 10.1. The summed E-state index contributed by atoms with van der Waals surface area (Å²) < 4.78 is 5.20. The fourth-order valence-electron chi connectivity index (χ4n) is 2.04. The van der Waals surface area contributed by atoms with E-state index < -0.39 is 11.9 Å². The molecule has 140 valence electrons. The van der Waals surface area contributed by atoms with Gasteiger partial charge in [0.25, 0.3) is 5.91 Å². The van der Waals surface area contributed by atoms with Crippen molar-refractivity contribution in [1.82, 2.24) is 5.32 Å². The lowest BCUT2D eigenvalue weighted by Crippen LogP contribution is -2.19. The van der Waals surface area contributed by atoms with Crippen LogP contribution in [0.25, 0.3) is 0 Å². The molecule has 2 N–H and O–H groups in total. The van der Waals surface area contributed by atoms with Gasteiger partial charge in [-0.3, -0.25) is 4.79 Å². The molecule has 0 spiro atoms. The van der Waals surface area contributed by atoms with Crippen LogP contribution in [0.4, 0.5) is 5.69 Å². The number of amides is 1. The highest BCUT2D eigenvalue weighted by atomic mass is 16.5. The molecule has 26 heavy (non-hydrogen) atoms. The van der Waals surface area contributed by atoms with Crippen LogP contribution in [0.5, 0.6) is 0 Å². The molecular formula is C20H27N3O3. The maximum atomic E-state index is 12.3. The van der Waals surface area contributed by atoms with Gasteiger partial charge in [0.1, 0.15) is 11.6 Å². The number of ether oxygens (including phenoxy) is 1. The maximum Gasteiger partial charge on any atom is 0.340 e. The first-order valence-corrected chi connectivity index (χ1v) is 8.90. The van der Waals surface area contributed by atoms with E-state index in [-0.39, 0.29) is 11.1 Å². The maximum absolute atomic E-state index is 12.3. The molecule has 0 aliphatic carbocycles. The van der Waals surface area contributed by atoms with Gasteiger partial charge in [0.2, 0.25) is 0 Å². The molecule has 0 heterocycles. The zero-order valence-corrected chi connectivity index (χ0v) is 15.7. The van der Waals surface area contributed by atoms with Crippen LogP contribution >= 0.6 is 0 Å². The van der Waals surface area contributed by atoms with Gasteiger partial charge in [-0.25, -0.2) is 4.79 Å². The van der Waals surface area contributed by atoms with Gasteiger partial charge in [-0.1, -0.05) is 39.3 Å². The second kappa shape index (κ2) is 11.7. The summed E-state index contributed by atoms with van der Waals surface area (Å²) in [6.45, 7) is 7.21. The Kier molecular flexibility index (Phi) is 9.55. The third-order valence-corrected chi connectivity index (χ3v) is 3.60. The fourth-order valence-corrected chi connectivity index (χ4v) is 2.04. The number of para-hydroxylation sites is 1. The minimum atomic E-state index is -0.571. The smallest absolute Gasteiger partial charge is 0.340 e. The van der Waals surface area contributed by atoms with E-state index in [2.05, 4.69) is 24.5 Å². The topological polar surface area (TPSA) is 91.2 Å². The quantitative estimate of drug-likeness (QED) is 0.289. The molecule has 6 heteroatoms. The second-order valence-electron chi connectivity index (χ2n) is 6.30. The van der Waals surface area contributed by atoms with E-state index in [9.17, 15) is 14.9 Å². The summed E-state index contributed by atoms with van der Waals surface area (Å²) in [6.07, 6.45) is 4.04. The van der Waals surface area contributed by atoms with Crippen molar-refractivity contribution in [1.29, 1.82) is 5.26 Å². The van der Waals surface area contributed by atoms with E-state index >= 15 is 0 Å². The normalized spacial score (nSPS) is 11.0. The number of benzene rings is 1. The van der Waals surface area contributed by atoms with Crippen LogP contribution in [-0.4, -0.2) is 25.0 Å². The SMILES string of the molecule is CCCCOC(=O)c1ccccc1NC(=O)/C(C#N)=C\NCCC(C)C. The van der Waals surface area contributed by atoms with Crippen LogP contribution in [0, 0.1) is 17.2 Å². The van der Waals surface area contributed by atoms with Gasteiger partial charge < -0.3 is 15.4 Å². The van der Waals surface area contributed by atoms with Crippen molar-refractivity contribution in [3.63, 3.8) is 0 Å². The van der Waals surface area contributed by atoms with Crippen LogP contribution in [0.1, 0.15) is 50.4 Å². The van der Waals surface area contributed by atoms with Gasteiger partial charge in [-0.15, -0.1) is 0 Å². The molecule has 0 aliphatic heterocycles. The van der Waals surface area contributed by atoms with Crippen LogP contribution in [0.3, 0.4) is 0 Å². The summed E-state index contributed by atoms with van der Waals surface area (Å²) in [7, 11) is 0. The minimum absolute atomic E-state index is 0.0529. The van der Waals surface area contributed by atoms with Crippen LogP contribution in [-0.2, 0) is 9.53 Å². The number of carbonyl (C=O) groups is 2. The molecule has 0 aliphatic rings. The van der Waals surface area contributed by atoms with Crippen molar-refractivity contribution in [2.24, 2.45) is 5.92 Å². The number of esters is 1. The van der Waals surface area contributed by atoms with Gasteiger partial charge in [0, 0.05) is 12.7 Å². The summed E-state index contributed by atoms with van der Waals surface area (Å²) in [5, 5.41) is 14.8. The largest absolute Gasteiger partial charge is 0.462 e. The molecule has 0 saturated heterocycles. The Morgan fingerprint density at radius 2 is 2.04 bits per heavy atom. The van der Waals surface area contributed by atoms with Gasteiger partial charge in [-0.2, -0.15) is 5.26 Å². The number of hydrogen-bond acceptors (Lipinski definition) is 5. The van der Waals surface area contributed by atoms with Crippen LogP contribution in [0.15, 0.2) is 36.0 Å². The minimum Gasteiger partial charge on any atom is -0.462 e. The second-order valence-corrected chi connectivity index (χ2v) is 6.30. The zero-order chi connectivity index (χ0) is 19.4. The van der Waals surface area contributed by atoms with Gasteiger partial charge in [0.05, 0.1) is 17.9 Å². The monoisotopic (exact) mass is 357 g/mol. The molecule has 0 atom stereocenters. The Balaban J connectivity index is 2.77. The number of hydrogen-bond donors (Lipinski definition) is 2. The highest BCUT2D eigenvalue weighted by Gasteiger charge is 2.16. The van der Waals surface area contributed by atoms with Gasteiger partial charge in [0.15, 0.2) is 0 Å². The van der Waals surface area contributed by atoms with Crippen LogP contribution in [0.2, 0.25) is 0 Å². The molecule has 0 bridgehead atoms. The van der Waals surface area contributed by atoms with Crippen molar-refractivity contribution in [3.05, 3.63) is 41.6 Å². The first kappa shape index (κ1) is 21.2. The summed E-state index contributed by atoms with van der Waals surface area (Å²) in [5.41, 5.74) is 0.534. The lowest BCUT2D eigenvalue weighted by Gasteiger charge is -2.11. The van der Waals surface area contributed by atoms with E-state index in [0.29, 0.717) is 24.8 Å². The van der Waals surface area contributed by atoms with Gasteiger partial charge in [-0.05, 0) is 30.9 Å². The Morgan fingerprint density at radius 3 is 2.69 bits per heavy atom. The predicted octanol–water partition coefficient (Wildman–Crippen LogP) is 3.63. The Labute approximate surface area is 155 Å². The first-order valence-electron chi connectivity index (χ1n) is 8.90. The fraction of sp³-hybridized carbons (Fsp3) is 0.450. The molecule has 6 nitrogen and oxygen atoms in total. The summed E-state index contributed by atoms with van der Waals surface area (Å²) in [6, 6.07) is 8.46. The third-order valence-electron chi connectivity index (χ3n) is 3.60. The molecule has 1 aromatic carbocycles. The average molecular weight is 357 g/mol. The highest BCUT2D eigenvalue weighted by molar-refractivity contribution is 6.09. The molecule has 0 aromatic heterocycles. The van der Waals surface area contributed by atoms with E-state index in [4.69, 9.17) is 4.74 Å². The number of rotatable bonds is 10. The van der Waals surface area contributed by atoms with Gasteiger partial charge >= 0.3 is 5.97 Å². The summed E-state index contributed by atoms with van der Waals surface area (Å²) in [4.78, 5) is 24.5. The number of anilines is 1. The third kappa shape index (κ3) is 7.39. The standard InChI is InChI=1S/C20H27N3O3/c1-4-5-12-26-20(25)17-8-6-7-9-18(17)23-19(24)16(13-21)14-22-11-10-15(2)3/h6-9,14-15,22H,4-5,10-12H2,1-3H3,(H,23,24)/b16-14-. The molecule has 0 saturated carbocycles. The molecular weight excluding hydrogens is 330 g/mol. The highest BCUT2D eigenvalue weighted by Crippen LogP contribution is 2.17. The number of nitriles is 1. The van der Waals surface area contributed by atoms with Crippen molar-refractivity contribution in [2.75, 3.05) is 18.5 Å². The summed E-state index contributed by atoms with van der Waals surface area (Å²) >= 11 is 0.